The largest absolute Gasteiger partial charge is 0.439 e. The van der Waals surface area contributed by atoms with Gasteiger partial charge in [-0.2, -0.15) is 0 Å². The van der Waals surface area contributed by atoms with Gasteiger partial charge >= 0.3 is 0 Å². The van der Waals surface area contributed by atoms with E-state index in [1.54, 1.807) is 0 Å². The van der Waals surface area contributed by atoms with Gasteiger partial charge in [-0.25, -0.2) is 0 Å². The van der Waals surface area contributed by atoms with Crippen LogP contribution in [0.2, 0.25) is 0 Å². The van der Waals surface area contributed by atoms with E-state index in [1.807, 2.05) is 48.5 Å². The van der Waals surface area contributed by atoms with Crippen molar-refractivity contribution in [2.24, 2.45) is 5.10 Å². The lowest BCUT2D eigenvalue weighted by Crippen LogP contribution is -2.39. The van der Waals surface area contributed by atoms with Gasteiger partial charge in [0.05, 0.1) is 0 Å². The Bertz CT molecular complexity index is 941. The molecule has 136 valence electrons. The highest BCUT2D eigenvalue weighted by atomic mass is 16.5. The fraction of sp³-hybridized carbons (Fsp3) is 0.208. The average Bonchev–Trinajstić information content (AvgIpc) is 3.16. The van der Waals surface area contributed by atoms with E-state index >= 15 is 0 Å². The average molecular weight is 356 g/mol. The maximum absolute atomic E-state index is 6.47. The fourth-order valence-corrected chi connectivity index (χ4v) is 3.32. The van der Waals surface area contributed by atoms with Gasteiger partial charge in [0.15, 0.2) is 0 Å². The topological polar surface area (TPSA) is 33.6 Å². The summed E-state index contributed by atoms with van der Waals surface area (Å²) in [4.78, 5) is 0. The molecule has 27 heavy (non-hydrogen) atoms. The van der Waals surface area contributed by atoms with Crippen molar-refractivity contribution in [3.63, 3.8) is 0 Å². The van der Waals surface area contributed by atoms with E-state index in [1.165, 1.54) is 5.56 Å². The van der Waals surface area contributed by atoms with Crippen molar-refractivity contribution < 1.29 is 4.74 Å². The molecule has 1 aliphatic heterocycles. The first-order valence-corrected chi connectivity index (χ1v) is 9.25. The number of rotatable bonds is 3. The summed E-state index contributed by atoms with van der Waals surface area (Å²) in [6, 6.07) is 28.7. The molecule has 3 heteroatoms. The zero-order chi connectivity index (χ0) is 18.9. The molecule has 3 aromatic rings. The Balaban J connectivity index is 1.76. The molecule has 1 heterocycles. The molecule has 4 rings (SSSR count). The van der Waals surface area contributed by atoms with Crippen molar-refractivity contribution >= 4 is 5.90 Å². The van der Waals surface area contributed by atoms with Crippen LogP contribution < -0.4 is 5.43 Å². The van der Waals surface area contributed by atoms with Crippen LogP contribution in [0.25, 0.3) is 0 Å². The highest BCUT2D eigenvalue weighted by Crippen LogP contribution is 2.36. The number of benzene rings is 3. The third-order valence-electron chi connectivity index (χ3n) is 4.92. The predicted octanol–water partition coefficient (Wildman–Crippen LogP) is 5.17. The Morgan fingerprint density at radius 1 is 0.741 bits per heavy atom. The summed E-state index contributed by atoms with van der Waals surface area (Å²) in [6.45, 7) is 6.65. The maximum atomic E-state index is 6.47. The van der Waals surface area contributed by atoms with Gasteiger partial charge in [-0.3, -0.25) is 5.43 Å². The van der Waals surface area contributed by atoms with Crippen LogP contribution in [0.5, 0.6) is 0 Å². The van der Waals surface area contributed by atoms with Crippen molar-refractivity contribution in [3.05, 3.63) is 107 Å². The van der Waals surface area contributed by atoms with Crippen molar-refractivity contribution in [3.8, 4) is 0 Å². The molecule has 0 aromatic heterocycles. The molecule has 0 fully saturated rings. The third-order valence-corrected chi connectivity index (χ3v) is 4.92. The Labute approximate surface area is 160 Å². The van der Waals surface area contributed by atoms with Crippen LogP contribution in [-0.4, -0.2) is 5.90 Å². The Kier molecular flexibility index (Phi) is 4.23. The quantitative estimate of drug-likeness (QED) is 0.703. The van der Waals surface area contributed by atoms with E-state index in [0.717, 1.165) is 16.7 Å². The first-order chi connectivity index (χ1) is 13.0. The first-order valence-electron chi connectivity index (χ1n) is 9.25. The molecule has 3 nitrogen and oxygen atoms in total. The van der Waals surface area contributed by atoms with Crippen LogP contribution in [0, 0.1) is 0 Å². The third kappa shape index (κ3) is 3.21. The summed E-state index contributed by atoms with van der Waals surface area (Å²) in [5.74, 6) is 0.597. The normalized spacial score (nSPS) is 19.1. The van der Waals surface area contributed by atoms with E-state index in [4.69, 9.17) is 4.74 Å². The molecule has 1 unspecified atom stereocenters. The molecule has 1 aliphatic rings. The molecule has 0 bridgehead atoms. The number of ether oxygens (including phenoxy) is 1. The van der Waals surface area contributed by atoms with Gasteiger partial charge in [0.2, 0.25) is 11.6 Å². The molecule has 0 spiro atoms. The van der Waals surface area contributed by atoms with Crippen LogP contribution in [0.15, 0.2) is 90.0 Å². The summed E-state index contributed by atoms with van der Waals surface area (Å²) in [7, 11) is 0. The summed E-state index contributed by atoms with van der Waals surface area (Å²) < 4.78 is 6.47. The van der Waals surface area contributed by atoms with Crippen LogP contribution in [0.4, 0.5) is 0 Å². The van der Waals surface area contributed by atoms with Crippen LogP contribution in [0.1, 0.15) is 43.0 Å². The molecule has 0 radical (unpaired) electrons. The second kappa shape index (κ2) is 6.58. The lowest BCUT2D eigenvalue weighted by Gasteiger charge is -2.30. The first kappa shape index (κ1) is 17.3. The lowest BCUT2D eigenvalue weighted by molar-refractivity contribution is 0.0913. The molecular formula is C24H24N2O. The van der Waals surface area contributed by atoms with Gasteiger partial charge in [0, 0.05) is 16.7 Å². The zero-order valence-electron chi connectivity index (χ0n) is 15.9. The standard InChI is InChI=1S/C24H24N2O/c1-23(2,3)19-14-16-21(17-15-19)24(20-12-8-5-9-13-20)26-25-22(27-24)18-10-6-4-7-11-18/h4-17,26H,1-3H3. The molecule has 0 aliphatic carbocycles. The van der Waals surface area contributed by atoms with E-state index in [2.05, 4.69) is 67.7 Å². The monoisotopic (exact) mass is 356 g/mol. The van der Waals surface area contributed by atoms with Gasteiger partial charge in [0.25, 0.3) is 0 Å². The molecule has 3 aromatic carbocycles. The van der Waals surface area contributed by atoms with E-state index < -0.39 is 5.72 Å². The van der Waals surface area contributed by atoms with Crippen molar-refractivity contribution in [1.29, 1.82) is 0 Å². The number of hydrogen-bond donors (Lipinski definition) is 1. The minimum atomic E-state index is -0.831. The van der Waals surface area contributed by atoms with E-state index in [0.29, 0.717) is 5.90 Å². The SMILES string of the molecule is CC(C)(C)c1ccc(C2(c3ccccc3)NN=C(c3ccccc3)O2)cc1. The van der Waals surface area contributed by atoms with Crippen LogP contribution in [0.3, 0.4) is 0 Å². The lowest BCUT2D eigenvalue weighted by atomic mass is 9.85. The highest BCUT2D eigenvalue weighted by Gasteiger charge is 2.42. The minimum absolute atomic E-state index is 0.105. The van der Waals surface area contributed by atoms with Gasteiger partial charge in [0.1, 0.15) is 0 Å². The summed E-state index contributed by atoms with van der Waals surface area (Å²) >= 11 is 0. The smallest absolute Gasteiger partial charge is 0.249 e. The fourth-order valence-electron chi connectivity index (χ4n) is 3.32. The summed E-state index contributed by atoms with van der Waals surface area (Å²) in [6.07, 6.45) is 0. The van der Waals surface area contributed by atoms with Gasteiger partial charge < -0.3 is 4.74 Å². The zero-order valence-corrected chi connectivity index (χ0v) is 15.9. The van der Waals surface area contributed by atoms with Crippen molar-refractivity contribution in [1.82, 2.24) is 5.43 Å². The van der Waals surface area contributed by atoms with Crippen LogP contribution >= 0.6 is 0 Å². The predicted molar refractivity (Wildman–Crippen MR) is 110 cm³/mol. The van der Waals surface area contributed by atoms with Crippen molar-refractivity contribution in [2.45, 2.75) is 31.9 Å². The van der Waals surface area contributed by atoms with Gasteiger partial charge in [-0.15, -0.1) is 5.10 Å². The molecule has 1 N–H and O–H groups in total. The molecule has 0 saturated heterocycles. The molecule has 1 atom stereocenters. The van der Waals surface area contributed by atoms with E-state index in [-0.39, 0.29) is 5.41 Å². The highest BCUT2D eigenvalue weighted by molar-refractivity contribution is 5.95. The van der Waals surface area contributed by atoms with Gasteiger partial charge in [-0.05, 0) is 23.1 Å². The minimum Gasteiger partial charge on any atom is -0.439 e. The second-order valence-electron chi connectivity index (χ2n) is 7.87. The number of hydrogen-bond acceptors (Lipinski definition) is 3. The van der Waals surface area contributed by atoms with E-state index in [9.17, 15) is 0 Å². The summed E-state index contributed by atoms with van der Waals surface area (Å²) in [5, 5.41) is 4.53. The number of hydrazone groups is 1. The summed E-state index contributed by atoms with van der Waals surface area (Å²) in [5.41, 5.74) is 6.83. The van der Waals surface area contributed by atoms with Crippen LogP contribution in [-0.2, 0) is 15.9 Å². The molecule has 0 amide bonds. The van der Waals surface area contributed by atoms with Gasteiger partial charge in [-0.1, -0.05) is 93.6 Å². The number of nitrogens with zero attached hydrogens (tertiary/aromatic N) is 1. The maximum Gasteiger partial charge on any atom is 0.249 e. The number of nitrogens with one attached hydrogen (secondary N) is 1. The Hall–Kier alpha value is -3.07. The molecule has 0 saturated carbocycles. The molecular weight excluding hydrogens is 332 g/mol. The van der Waals surface area contributed by atoms with Crippen molar-refractivity contribution in [2.75, 3.05) is 0 Å². The Morgan fingerprint density at radius 2 is 1.30 bits per heavy atom. The second-order valence-corrected chi connectivity index (χ2v) is 7.87. The Morgan fingerprint density at radius 3 is 1.89 bits per heavy atom.